The summed E-state index contributed by atoms with van der Waals surface area (Å²) in [6.07, 6.45) is 1.19. The summed E-state index contributed by atoms with van der Waals surface area (Å²) in [5, 5.41) is 35.6. The Morgan fingerprint density at radius 2 is 1.76 bits per heavy atom. The topological polar surface area (TPSA) is 187 Å². The van der Waals surface area contributed by atoms with E-state index in [4.69, 9.17) is 16.7 Å². The molecule has 0 radical (unpaired) electrons. The first-order valence-corrected chi connectivity index (χ1v) is 14.4. The number of aliphatic carboxylic acids is 2. The summed E-state index contributed by atoms with van der Waals surface area (Å²) >= 11 is 7.46. The van der Waals surface area contributed by atoms with Crippen molar-refractivity contribution in [3.63, 3.8) is 0 Å². The molecule has 3 aromatic rings. The van der Waals surface area contributed by atoms with Gasteiger partial charge in [-0.2, -0.15) is 0 Å². The number of aryl methyl sites for hydroxylation is 2. The van der Waals surface area contributed by atoms with Crippen LogP contribution in [0.2, 0.25) is 5.02 Å². The number of nitrogens with one attached hydrogen (secondary N) is 2. The Bertz CT molecular complexity index is 1350. The smallest absolute Gasteiger partial charge is 0.267 e. The lowest BCUT2D eigenvalue weighted by Gasteiger charge is -2.35. The van der Waals surface area contributed by atoms with Gasteiger partial charge in [0.25, 0.3) is 5.91 Å². The number of carboxylic acid groups (broad SMARTS) is 2. The van der Waals surface area contributed by atoms with Gasteiger partial charge in [0.05, 0.1) is 23.5 Å². The minimum Gasteiger partial charge on any atom is -0.550 e. The van der Waals surface area contributed by atoms with Crippen molar-refractivity contribution in [1.82, 2.24) is 19.9 Å². The lowest BCUT2D eigenvalue weighted by Crippen LogP contribution is -2.47. The molecule has 0 bridgehead atoms. The number of aliphatic hydroxyl groups excluding tert-OH is 1. The fourth-order valence-corrected chi connectivity index (χ4v) is 5.00. The number of benzene rings is 1. The van der Waals surface area contributed by atoms with Crippen molar-refractivity contribution in [2.75, 3.05) is 54.9 Å². The second-order valence-corrected chi connectivity index (χ2v) is 10.8. The highest BCUT2D eigenvalue weighted by Crippen LogP contribution is 2.28. The molecule has 2 aromatic heterocycles. The maximum Gasteiger partial charge on any atom is 0.267 e. The van der Waals surface area contributed by atoms with E-state index in [1.54, 1.807) is 6.07 Å². The van der Waals surface area contributed by atoms with Crippen LogP contribution in [0.15, 0.2) is 30.5 Å². The standard InChI is InChI=1S/C22H26ClN7O2S.C5H8O4/c1-14-4-3-5-16(23)20(14)28-21(32)17-13-24-22(33-17)27-18-12-19(26-15(2)25-18)30-8-6-29(7-9-30)10-11-31;6-4(7)2-1-3-5(8)9/h3-5,12-13,31H,6-11H2,1-2H3,(H,28,32)(H,24,25,26,27);1-3H2,(H,6,7)(H,8,9)/p-2. The summed E-state index contributed by atoms with van der Waals surface area (Å²) in [7, 11) is 0. The molecule has 3 heterocycles. The van der Waals surface area contributed by atoms with E-state index in [1.807, 2.05) is 32.0 Å². The second kappa shape index (κ2) is 16.0. The average Bonchev–Trinajstić information content (AvgIpc) is 3.39. The fraction of sp³-hybridized carbons (Fsp3) is 0.407. The number of nitrogens with zero attached hydrogens (tertiary/aromatic N) is 5. The Labute approximate surface area is 252 Å². The van der Waals surface area contributed by atoms with Gasteiger partial charge in [-0.15, -0.1) is 0 Å². The van der Waals surface area contributed by atoms with Crippen molar-refractivity contribution < 1.29 is 29.7 Å². The van der Waals surface area contributed by atoms with E-state index in [2.05, 4.69) is 35.4 Å². The van der Waals surface area contributed by atoms with Crippen molar-refractivity contribution in [2.24, 2.45) is 0 Å². The molecule has 1 saturated heterocycles. The Balaban J connectivity index is 0.000000467. The van der Waals surface area contributed by atoms with E-state index in [0.29, 0.717) is 38.9 Å². The summed E-state index contributed by atoms with van der Waals surface area (Å²) in [6, 6.07) is 7.37. The van der Waals surface area contributed by atoms with Gasteiger partial charge in [0.1, 0.15) is 22.3 Å². The second-order valence-electron chi connectivity index (χ2n) is 9.35. The van der Waals surface area contributed by atoms with Crippen molar-refractivity contribution in [2.45, 2.75) is 33.1 Å². The van der Waals surface area contributed by atoms with Crippen LogP contribution in [0.3, 0.4) is 0 Å². The molecule has 4 rings (SSSR count). The van der Waals surface area contributed by atoms with Crippen LogP contribution in [0.25, 0.3) is 0 Å². The molecule has 0 aliphatic carbocycles. The largest absolute Gasteiger partial charge is 0.550 e. The van der Waals surface area contributed by atoms with Crippen LogP contribution in [0.4, 0.5) is 22.5 Å². The third kappa shape index (κ3) is 10.2. The van der Waals surface area contributed by atoms with Crippen LogP contribution in [-0.2, 0) is 9.59 Å². The number of para-hydroxylation sites is 1. The van der Waals surface area contributed by atoms with Crippen molar-refractivity contribution >= 4 is 63.2 Å². The number of rotatable bonds is 11. The molecule has 42 heavy (non-hydrogen) atoms. The minimum atomic E-state index is -1.23. The van der Waals surface area contributed by atoms with Gasteiger partial charge in [0, 0.05) is 50.7 Å². The van der Waals surface area contributed by atoms with E-state index in [-0.39, 0.29) is 31.8 Å². The molecule has 0 unspecified atom stereocenters. The van der Waals surface area contributed by atoms with Gasteiger partial charge in [0.2, 0.25) is 0 Å². The highest BCUT2D eigenvalue weighted by atomic mass is 35.5. The van der Waals surface area contributed by atoms with Crippen LogP contribution >= 0.6 is 22.9 Å². The molecular formula is C27H32ClN7O6S-2. The molecule has 1 amide bonds. The van der Waals surface area contributed by atoms with E-state index in [9.17, 15) is 24.6 Å². The molecule has 3 N–H and O–H groups in total. The van der Waals surface area contributed by atoms with Crippen LogP contribution in [0.1, 0.15) is 40.3 Å². The molecule has 1 aromatic carbocycles. The van der Waals surface area contributed by atoms with Crippen molar-refractivity contribution in [1.29, 1.82) is 0 Å². The van der Waals surface area contributed by atoms with Gasteiger partial charge in [0.15, 0.2) is 5.13 Å². The van der Waals surface area contributed by atoms with Crippen molar-refractivity contribution in [3.05, 3.63) is 51.7 Å². The number of amides is 1. The normalized spacial score (nSPS) is 13.2. The van der Waals surface area contributed by atoms with Crippen LogP contribution in [0.5, 0.6) is 0 Å². The maximum atomic E-state index is 12.7. The van der Waals surface area contributed by atoms with Gasteiger partial charge < -0.3 is 40.4 Å². The lowest BCUT2D eigenvalue weighted by atomic mass is 10.2. The fourth-order valence-electron chi connectivity index (χ4n) is 4.01. The zero-order chi connectivity index (χ0) is 30.6. The third-order valence-electron chi connectivity index (χ3n) is 6.12. The number of carboxylic acids is 2. The van der Waals surface area contributed by atoms with Crippen LogP contribution < -0.4 is 25.7 Å². The van der Waals surface area contributed by atoms with E-state index in [0.717, 1.165) is 37.6 Å². The van der Waals surface area contributed by atoms with Gasteiger partial charge in [-0.25, -0.2) is 15.0 Å². The lowest BCUT2D eigenvalue weighted by molar-refractivity contribution is -0.307. The number of thiazole rings is 1. The number of anilines is 4. The van der Waals surface area contributed by atoms with Crippen LogP contribution in [-0.4, -0.2) is 82.1 Å². The predicted molar refractivity (Wildman–Crippen MR) is 156 cm³/mol. The number of carbonyl (C=O) groups is 3. The first-order chi connectivity index (χ1) is 20.0. The number of piperazine rings is 1. The number of hydrogen-bond acceptors (Lipinski definition) is 13. The van der Waals surface area contributed by atoms with Gasteiger partial charge in [-0.3, -0.25) is 9.69 Å². The van der Waals surface area contributed by atoms with Crippen LogP contribution in [0, 0.1) is 13.8 Å². The molecule has 0 atom stereocenters. The Morgan fingerprint density at radius 3 is 2.38 bits per heavy atom. The van der Waals surface area contributed by atoms with Gasteiger partial charge in [-0.05, 0) is 44.7 Å². The molecular weight excluding hydrogens is 586 g/mol. The number of carbonyl (C=O) groups excluding carboxylic acids is 3. The van der Waals surface area contributed by atoms with Crippen molar-refractivity contribution in [3.8, 4) is 0 Å². The first kappa shape index (κ1) is 32.7. The summed E-state index contributed by atoms with van der Waals surface area (Å²) in [5.74, 6) is -0.600. The zero-order valence-corrected chi connectivity index (χ0v) is 24.8. The maximum absolute atomic E-state index is 12.7. The zero-order valence-electron chi connectivity index (χ0n) is 23.3. The van der Waals surface area contributed by atoms with Gasteiger partial charge in [-0.1, -0.05) is 35.1 Å². The van der Waals surface area contributed by atoms with E-state index >= 15 is 0 Å². The molecule has 1 fully saturated rings. The minimum absolute atomic E-state index is 0.0880. The molecule has 1 aliphatic heterocycles. The molecule has 0 saturated carbocycles. The SMILES string of the molecule is Cc1nc(Nc2ncc(C(=O)Nc3c(C)cccc3Cl)s2)cc(N2CCN(CCO)CC2)n1.O=C([O-])CCCC(=O)[O-]. The quantitative estimate of drug-likeness (QED) is 0.277. The van der Waals surface area contributed by atoms with Gasteiger partial charge >= 0.3 is 0 Å². The number of halogens is 1. The number of β-amino-alcohol motifs (C(OH)–C–C–N with tert-alkyl or cyclic N) is 1. The molecule has 15 heteroatoms. The van der Waals surface area contributed by atoms with E-state index < -0.39 is 11.9 Å². The first-order valence-electron chi connectivity index (χ1n) is 13.2. The molecule has 1 aliphatic rings. The molecule has 13 nitrogen and oxygen atoms in total. The monoisotopic (exact) mass is 617 g/mol. The number of aromatic nitrogens is 3. The summed E-state index contributed by atoms with van der Waals surface area (Å²) in [4.78, 5) is 50.3. The Morgan fingerprint density at radius 1 is 1.07 bits per heavy atom. The number of hydrogen-bond donors (Lipinski definition) is 3. The highest BCUT2D eigenvalue weighted by molar-refractivity contribution is 7.17. The third-order valence-corrected chi connectivity index (χ3v) is 7.35. The molecule has 226 valence electrons. The summed E-state index contributed by atoms with van der Waals surface area (Å²) < 4.78 is 0. The predicted octanol–water partition coefficient (Wildman–Crippen LogP) is 0.970. The molecule has 0 spiro atoms. The Hall–Kier alpha value is -3.85. The summed E-state index contributed by atoms with van der Waals surface area (Å²) in [5.41, 5.74) is 1.49. The average molecular weight is 618 g/mol. The highest BCUT2D eigenvalue weighted by Gasteiger charge is 2.19. The number of aliphatic hydroxyl groups is 1. The van der Waals surface area contributed by atoms with E-state index in [1.165, 1.54) is 17.5 Å². The Kier molecular flexibility index (Phi) is 12.4. The summed E-state index contributed by atoms with van der Waals surface area (Å²) in [6.45, 7) is 8.03.